The summed E-state index contributed by atoms with van der Waals surface area (Å²) in [5.41, 5.74) is 13.5. The molecule has 2 aliphatic carbocycles. The van der Waals surface area contributed by atoms with Crippen LogP contribution in [0.3, 0.4) is 0 Å². The van der Waals surface area contributed by atoms with Gasteiger partial charge in [-0.15, -0.1) is 0 Å². The molecule has 0 amide bonds. The van der Waals surface area contributed by atoms with Gasteiger partial charge in [-0.25, -0.2) is 4.98 Å². The van der Waals surface area contributed by atoms with Crippen molar-refractivity contribution in [3.8, 4) is 22.3 Å². The Morgan fingerprint density at radius 3 is 2.68 bits per heavy atom. The summed E-state index contributed by atoms with van der Waals surface area (Å²) in [6.45, 7) is 0. The van der Waals surface area contributed by atoms with Gasteiger partial charge in [-0.1, -0.05) is 36.4 Å². The van der Waals surface area contributed by atoms with Gasteiger partial charge in [-0.2, -0.15) is 0 Å². The molecule has 0 saturated carbocycles. The van der Waals surface area contributed by atoms with Crippen molar-refractivity contribution in [2.24, 2.45) is 0 Å². The van der Waals surface area contributed by atoms with Gasteiger partial charge in [0.25, 0.3) is 0 Å². The van der Waals surface area contributed by atoms with Crippen LogP contribution in [0.15, 0.2) is 79.4 Å². The first-order chi connectivity index (χ1) is 15.4. The Labute approximate surface area is 178 Å². The smallest absolute Gasteiger partial charge is 0.145 e. The Balaban J connectivity index is 1.47. The quantitative estimate of drug-likeness (QED) is 0.287. The SMILES string of the molecule is c1ccc2c(c1)Cc1ccc3c(c1-2)Cc1cc2c(cc1-3)c1ccncc1n1ccnc21. The van der Waals surface area contributed by atoms with Crippen molar-refractivity contribution < 1.29 is 0 Å². The maximum Gasteiger partial charge on any atom is 0.145 e. The Kier molecular flexibility index (Phi) is 2.74. The first kappa shape index (κ1) is 15.8. The van der Waals surface area contributed by atoms with Crippen LogP contribution < -0.4 is 0 Å². The Hall–Kier alpha value is -3.98. The molecule has 0 unspecified atom stereocenters. The van der Waals surface area contributed by atoms with Crippen LogP contribution in [0.1, 0.15) is 22.3 Å². The number of imidazole rings is 1. The van der Waals surface area contributed by atoms with Crippen LogP contribution in [0.4, 0.5) is 0 Å². The third kappa shape index (κ3) is 1.89. The number of benzene rings is 3. The van der Waals surface area contributed by atoms with Crippen molar-refractivity contribution in [2.75, 3.05) is 0 Å². The molecule has 3 nitrogen and oxygen atoms in total. The molecular weight excluding hydrogens is 378 g/mol. The third-order valence-electron chi connectivity index (χ3n) is 7.20. The van der Waals surface area contributed by atoms with Gasteiger partial charge < -0.3 is 0 Å². The lowest BCUT2D eigenvalue weighted by Gasteiger charge is -2.11. The Morgan fingerprint density at radius 2 is 1.68 bits per heavy atom. The highest BCUT2D eigenvalue weighted by molar-refractivity contribution is 6.13. The molecule has 0 fully saturated rings. The molecule has 3 heterocycles. The lowest BCUT2D eigenvalue weighted by atomic mass is 9.95. The zero-order valence-corrected chi connectivity index (χ0v) is 16.8. The molecule has 2 aliphatic rings. The van der Waals surface area contributed by atoms with Gasteiger partial charge in [-0.3, -0.25) is 9.38 Å². The van der Waals surface area contributed by atoms with E-state index in [1.807, 2.05) is 24.8 Å². The van der Waals surface area contributed by atoms with Gasteiger partial charge in [0.2, 0.25) is 0 Å². The average molecular weight is 395 g/mol. The first-order valence-corrected chi connectivity index (χ1v) is 10.8. The second-order valence-electron chi connectivity index (χ2n) is 8.71. The van der Waals surface area contributed by atoms with Crippen molar-refractivity contribution >= 4 is 27.3 Å². The summed E-state index contributed by atoms with van der Waals surface area (Å²) in [6, 6.07) is 20.5. The van der Waals surface area contributed by atoms with Crippen LogP contribution in [0, 0.1) is 0 Å². The van der Waals surface area contributed by atoms with Crippen LogP contribution >= 0.6 is 0 Å². The minimum atomic E-state index is 0.985. The van der Waals surface area contributed by atoms with Crippen molar-refractivity contribution in [1.29, 1.82) is 0 Å². The van der Waals surface area contributed by atoms with Crippen LogP contribution in [0.25, 0.3) is 49.6 Å². The molecule has 144 valence electrons. The van der Waals surface area contributed by atoms with E-state index in [0.29, 0.717) is 0 Å². The van der Waals surface area contributed by atoms with Gasteiger partial charge >= 0.3 is 0 Å². The Morgan fingerprint density at radius 1 is 0.710 bits per heavy atom. The first-order valence-electron chi connectivity index (χ1n) is 10.8. The zero-order valence-electron chi connectivity index (χ0n) is 16.8. The van der Waals surface area contributed by atoms with Crippen LogP contribution in [-0.4, -0.2) is 14.4 Å². The molecule has 0 aliphatic heterocycles. The minimum Gasteiger partial charge on any atom is -0.298 e. The lowest BCUT2D eigenvalue weighted by molar-refractivity contribution is 1.23. The van der Waals surface area contributed by atoms with E-state index in [1.165, 1.54) is 60.7 Å². The topological polar surface area (TPSA) is 30.2 Å². The summed E-state index contributed by atoms with van der Waals surface area (Å²) in [5.74, 6) is 0. The number of pyridine rings is 2. The zero-order chi connectivity index (χ0) is 20.1. The second-order valence-corrected chi connectivity index (χ2v) is 8.71. The minimum absolute atomic E-state index is 0.985. The van der Waals surface area contributed by atoms with E-state index in [1.54, 1.807) is 0 Å². The normalized spacial score (nSPS) is 13.5. The van der Waals surface area contributed by atoms with E-state index in [2.05, 4.69) is 64.0 Å². The van der Waals surface area contributed by atoms with Gasteiger partial charge in [0.15, 0.2) is 0 Å². The summed E-state index contributed by atoms with van der Waals surface area (Å²) >= 11 is 0. The van der Waals surface area contributed by atoms with E-state index < -0.39 is 0 Å². The summed E-state index contributed by atoms with van der Waals surface area (Å²) in [7, 11) is 0. The number of hydrogen-bond donors (Lipinski definition) is 0. The van der Waals surface area contributed by atoms with Gasteiger partial charge in [-0.05, 0) is 80.9 Å². The molecule has 0 radical (unpaired) electrons. The molecular formula is C28H17N3. The highest BCUT2D eigenvalue weighted by Gasteiger charge is 2.28. The van der Waals surface area contributed by atoms with Crippen molar-refractivity contribution in [2.45, 2.75) is 12.8 Å². The molecule has 0 atom stereocenters. The maximum absolute atomic E-state index is 4.69. The van der Waals surface area contributed by atoms with E-state index in [-0.39, 0.29) is 0 Å². The monoisotopic (exact) mass is 395 g/mol. The maximum atomic E-state index is 4.69. The molecule has 0 spiro atoms. The number of hydrogen-bond acceptors (Lipinski definition) is 2. The molecule has 31 heavy (non-hydrogen) atoms. The molecule has 3 aromatic heterocycles. The summed E-state index contributed by atoms with van der Waals surface area (Å²) in [5, 5.41) is 3.69. The van der Waals surface area contributed by atoms with E-state index in [9.17, 15) is 0 Å². The fraction of sp³-hybridized carbons (Fsp3) is 0.0714. The number of rotatable bonds is 0. The van der Waals surface area contributed by atoms with Crippen LogP contribution in [-0.2, 0) is 12.8 Å². The molecule has 8 rings (SSSR count). The number of fused-ring (bicyclic) bond motifs is 13. The fourth-order valence-electron chi connectivity index (χ4n) is 5.88. The fourth-order valence-corrected chi connectivity index (χ4v) is 5.88. The molecule has 0 saturated heterocycles. The van der Waals surface area contributed by atoms with E-state index in [4.69, 9.17) is 4.98 Å². The van der Waals surface area contributed by atoms with E-state index >= 15 is 0 Å². The summed E-state index contributed by atoms with van der Waals surface area (Å²) in [4.78, 5) is 9.06. The standard InChI is InChI=1S/C28H17N3/c1-2-4-19-16(3-1)11-17-5-6-20-22-14-23-21-7-8-29-15-26(21)31-10-9-30-28(31)25(23)13-18(22)12-24(20)27(17)19/h1-10,13-15H,11-12H2. The largest absolute Gasteiger partial charge is 0.298 e. The van der Waals surface area contributed by atoms with Gasteiger partial charge in [0.05, 0.1) is 11.7 Å². The predicted molar refractivity (Wildman–Crippen MR) is 124 cm³/mol. The molecule has 0 N–H and O–H groups in total. The van der Waals surface area contributed by atoms with Gasteiger partial charge in [0, 0.05) is 29.4 Å². The van der Waals surface area contributed by atoms with Crippen molar-refractivity contribution in [1.82, 2.24) is 14.4 Å². The predicted octanol–water partition coefficient (Wildman–Crippen LogP) is 6.18. The van der Waals surface area contributed by atoms with E-state index in [0.717, 1.165) is 24.0 Å². The number of nitrogens with zero attached hydrogens (tertiary/aromatic N) is 3. The van der Waals surface area contributed by atoms with Crippen LogP contribution in [0.2, 0.25) is 0 Å². The molecule has 6 aromatic rings. The van der Waals surface area contributed by atoms with Crippen molar-refractivity contribution in [3.05, 3.63) is 102 Å². The van der Waals surface area contributed by atoms with Crippen molar-refractivity contribution in [3.63, 3.8) is 0 Å². The molecule has 3 aromatic carbocycles. The average Bonchev–Trinajstić information content (AvgIpc) is 3.52. The molecule has 0 bridgehead atoms. The third-order valence-corrected chi connectivity index (χ3v) is 7.20. The lowest BCUT2D eigenvalue weighted by Crippen LogP contribution is -1.92. The molecule has 3 heteroatoms. The summed E-state index contributed by atoms with van der Waals surface area (Å²) < 4.78 is 2.16. The number of aromatic nitrogens is 3. The second kappa shape index (κ2) is 5.38. The van der Waals surface area contributed by atoms with Crippen LogP contribution in [0.5, 0.6) is 0 Å². The summed E-state index contributed by atoms with van der Waals surface area (Å²) in [6.07, 6.45) is 9.77. The highest BCUT2D eigenvalue weighted by atomic mass is 15.0. The Bertz CT molecular complexity index is 1740. The highest BCUT2D eigenvalue weighted by Crippen LogP contribution is 2.48. The van der Waals surface area contributed by atoms with Gasteiger partial charge in [0.1, 0.15) is 5.65 Å².